The van der Waals surface area contributed by atoms with Crippen LogP contribution >= 0.6 is 15.9 Å². The zero-order valence-corrected chi connectivity index (χ0v) is 18.4. The Morgan fingerprint density at radius 1 is 1.07 bits per heavy atom. The molecule has 0 radical (unpaired) electrons. The molecule has 1 aliphatic rings. The molecule has 6 heteroatoms. The third-order valence-electron chi connectivity index (χ3n) is 4.53. The van der Waals surface area contributed by atoms with Crippen LogP contribution in [0.2, 0.25) is 0 Å². The van der Waals surface area contributed by atoms with Crippen LogP contribution in [0.3, 0.4) is 0 Å². The van der Waals surface area contributed by atoms with E-state index >= 15 is 0 Å². The number of methoxy groups -OCH3 is 1. The van der Waals surface area contributed by atoms with Crippen molar-refractivity contribution in [1.29, 1.82) is 0 Å². The Hall–Kier alpha value is -3.12. The second kappa shape index (κ2) is 8.32. The van der Waals surface area contributed by atoms with Crippen LogP contribution in [-0.2, 0) is 9.53 Å². The average molecular weight is 466 g/mol. The van der Waals surface area contributed by atoms with Crippen molar-refractivity contribution < 1.29 is 19.0 Å². The highest BCUT2D eigenvalue weighted by Gasteiger charge is 2.24. The Bertz CT molecular complexity index is 1200. The Kier molecular flexibility index (Phi) is 5.59. The third-order valence-corrected chi connectivity index (χ3v) is 5.11. The summed E-state index contributed by atoms with van der Waals surface area (Å²) in [5.74, 6) is 0.984. The highest BCUT2D eigenvalue weighted by molar-refractivity contribution is 9.10. The van der Waals surface area contributed by atoms with Crippen molar-refractivity contribution in [2.75, 3.05) is 7.11 Å². The first-order valence-electron chi connectivity index (χ1n) is 9.50. The third kappa shape index (κ3) is 4.09. The van der Waals surface area contributed by atoms with Gasteiger partial charge in [-0.3, -0.25) is 0 Å². The number of carbonyl (C=O) groups is 1. The molecule has 1 aliphatic heterocycles. The van der Waals surface area contributed by atoms with Gasteiger partial charge in [0.05, 0.1) is 17.7 Å². The topological polar surface area (TPSA) is 57.1 Å². The molecule has 0 saturated heterocycles. The minimum atomic E-state index is -0.490. The molecule has 0 N–H and O–H groups in total. The SMILES string of the molecule is COc1cc(/C=C2\N=C(c3ccc4ccccc4c3)OC2=O)cc(Br)c1OC(C)C. The number of nitrogens with zero attached hydrogens (tertiary/aromatic N) is 1. The predicted molar refractivity (Wildman–Crippen MR) is 121 cm³/mol. The first-order valence-corrected chi connectivity index (χ1v) is 10.3. The van der Waals surface area contributed by atoms with E-state index in [1.54, 1.807) is 19.3 Å². The number of esters is 1. The summed E-state index contributed by atoms with van der Waals surface area (Å²) in [6, 6.07) is 17.5. The molecule has 0 amide bonds. The van der Waals surface area contributed by atoms with E-state index in [-0.39, 0.29) is 11.8 Å². The number of hydrogen-bond donors (Lipinski definition) is 0. The van der Waals surface area contributed by atoms with Crippen LogP contribution in [-0.4, -0.2) is 25.1 Å². The lowest BCUT2D eigenvalue weighted by molar-refractivity contribution is -0.129. The van der Waals surface area contributed by atoms with Crippen molar-refractivity contribution in [3.05, 3.63) is 75.9 Å². The first kappa shape index (κ1) is 20.2. The highest BCUT2D eigenvalue weighted by Crippen LogP contribution is 2.38. The molecule has 0 fully saturated rings. The Morgan fingerprint density at radius 2 is 1.83 bits per heavy atom. The minimum Gasteiger partial charge on any atom is -0.493 e. The summed E-state index contributed by atoms with van der Waals surface area (Å²) in [5, 5.41) is 2.17. The lowest BCUT2D eigenvalue weighted by atomic mass is 10.1. The summed E-state index contributed by atoms with van der Waals surface area (Å²) in [4.78, 5) is 16.8. The van der Waals surface area contributed by atoms with Gasteiger partial charge in [0.25, 0.3) is 0 Å². The minimum absolute atomic E-state index is 0.00155. The van der Waals surface area contributed by atoms with Gasteiger partial charge < -0.3 is 14.2 Å². The van der Waals surface area contributed by atoms with Gasteiger partial charge in [0.1, 0.15) is 0 Å². The molecular weight excluding hydrogens is 446 g/mol. The maximum atomic E-state index is 12.4. The van der Waals surface area contributed by atoms with E-state index in [9.17, 15) is 4.79 Å². The first-order chi connectivity index (χ1) is 14.4. The molecule has 0 atom stereocenters. The standard InChI is InChI=1S/C24H20BrNO4/c1-14(2)29-22-19(25)10-15(12-21(22)28-3)11-20-24(27)30-23(26-20)18-9-8-16-6-4-5-7-17(16)13-18/h4-14H,1-3H3/b20-11-. The second-order valence-corrected chi connectivity index (χ2v) is 7.95. The van der Waals surface area contributed by atoms with Crippen LogP contribution in [0.15, 0.2) is 69.8 Å². The van der Waals surface area contributed by atoms with Gasteiger partial charge in [-0.25, -0.2) is 9.79 Å². The lowest BCUT2D eigenvalue weighted by Crippen LogP contribution is -2.07. The van der Waals surface area contributed by atoms with Crippen LogP contribution in [0.1, 0.15) is 25.0 Å². The summed E-state index contributed by atoms with van der Waals surface area (Å²) in [6.45, 7) is 3.89. The van der Waals surface area contributed by atoms with Gasteiger partial charge in [-0.15, -0.1) is 0 Å². The molecule has 0 saturated carbocycles. The van der Waals surface area contributed by atoms with E-state index in [0.717, 1.165) is 26.4 Å². The molecule has 0 aliphatic carbocycles. The van der Waals surface area contributed by atoms with E-state index in [2.05, 4.69) is 20.9 Å². The number of aliphatic imine (C=N–C) groups is 1. The number of halogens is 1. The molecule has 3 aromatic carbocycles. The molecule has 0 spiro atoms. The number of benzene rings is 3. The Balaban J connectivity index is 1.68. The molecule has 0 aromatic heterocycles. The molecule has 1 heterocycles. The largest absolute Gasteiger partial charge is 0.493 e. The summed E-state index contributed by atoms with van der Waals surface area (Å²) in [6.07, 6.45) is 1.67. The fraction of sp³-hybridized carbons (Fsp3) is 0.167. The number of cyclic esters (lactones) is 1. The van der Waals surface area contributed by atoms with Crippen molar-refractivity contribution in [3.63, 3.8) is 0 Å². The molecule has 152 valence electrons. The van der Waals surface area contributed by atoms with Crippen LogP contribution in [0.5, 0.6) is 11.5 Å². The van der Waals surface area contributed by atoms with Gasteiger partial charge in [-0.2, -0.15) is 0 Å². The second-order valence-electron chi connectivity index (χ2n) is 7.10. The summed E-state index contributed by atoms with van der Waals surface area (Å²) in [5.41, 5.74) is 1.72. The number of rotatable bonds is 5. The molecule has 3 aromatic rings. The van der Waals surface area contributed by atoms with Crippen LogP contribution in [0.25, 0.3) is 16.8 Å². The van der Waals surface area contributed by atoms with Crippen LogP contribution in [0.4, 0.5) is 0 Å². The Labute approximate surface area is 183 Å². The van der Waals surface area contributed by atoms with Gasteiger partial charge in [0.2, 0.25) is 5.90 Å². The maximum absolute atomic E-state index is 12.4. The van der Waals surface area contributed by atoms with Crippen molar-refractivity contribution in [3.8, 4) is 11.5 Å². The molecule has 30 heavy (non-hydrogen) atoms. The van der Waals surface area contributed by atoms with Gasteiger partial charge in [-0.05, 0) is 76.5 Å². The van der Waals surface area contributed by atoms with Crippen LogP contribution in [0, 0.1) is 0 Å². The molecule has 0 bridgehead atoms. The molecule has 5 nitrogen and oxygen atoms in total. The quantitative estimate of drug-likeness (QED) is 0.355. The fourth-order valence-electron chi connectivity index (χ4n) is 3.19. The van der Waals surface area contributed by atoms with Crippen molar-refractivity contribution in [1.82, 2.24) is 0 Å². The van der Waals surface area contributed by atoms with Gasteiger partial charge in [0.15, 0.2) is 17.2 Å². The number of ether oxygens (including phenoxy) is 3. The van der Waals surface area contributed by atoms with Crippen LogP contribution < -0.4 is 9.47 Å². The van der Waals surface area contributed by atoms with Gasteiger partial charge in [0, 0.05) is 5.56 Å². The van der Waals surface area contributed by atoms with E-state index in [1.165, 1.54) is 0 Å². The van der Waals surface area contributed by atoms with E-state index in [1.807, 2.05) is 62.4 Å². The van der Waals surface area contributed by atoms with E-state index in [0.29, 0.717) is 17.4 Å². The Morgan fingerprint density at radius 3 is 2.57 bits per heavy atom. The summed E-state index contributed by atoms with van der Waals surface area (Å²) >= 11 is 3.52. The average Bonchev–Trinajstić information content (AvgIpc) is 3.09. The number of fused-ring (bicyclic) bond motifs is 1. The monoisotopic (exact) mass is 465 g/mol. The zero-order valence-electron chi connectivity index (χ0n) is 16.8. The molecule has 0 unspecified atom stereocenters. The normalized spacial score (nSPS) is 14.9. The van der Waals surface area contributed by atoms with E-state index in [4.69, 9.17) is 14.2 Å². The smallest absolute Gasteiger partial charge is 0.363 e. The van der Waals surface area contributed by atoms with Crippen molar-refractivity contribution >= 4 is 44.6 Å². The van der Waals surface area contributed by atoms with Crippen molar-refractivity contribution in [2.45, 2.75) is 20.0 Å². The number of hydrogen-bond acceptors (Lipinski definition) is 5. The highest BCUT2D eigenvalue weighted by atomic mass is 79.9. The van der Waals surface area contributed by atoms with Gasteiger partial charge in [-0.1, -0.05) is 30.3 Å². The molecule has 4 rings (SSSR count). The summed E-state index contributed by atoms with van der Waals surface area (Å²) in [7, 11) is 1.58. The van der Waals surface area contributed by atoms with E-state index < -0.39 is 5.97 Å². The fourth-order valence-corrected chi connectivity index (χ4v) is 3.74. The summed E-state index contributed by atoms with van der Waals surface area (Å²) < 4.78 is 17.4. The predicted octanol–water partition coefficient (Wildman–Crippen LogP) is 5.74. The van der Waals surface area contributed by atoms with Gasteiger partial charge >= 0.3 is 5.97 Å². The lowest BCUT2D eigenvalue weighted by Gasteiger charge is -2.15. The zero-order chi connectivity index (χ0) is 21.3. The maximum Gasteiger partial charge on any atom is 0.363 e. The molecular formula is C24H20BrNO4. The van der Waals surface area contributed by atoms with Crippen molar-refractivity contribution in [2.24, 2.45) is 4.99 Å². The number of carbonyl (C=O) groups excluding carboxylic acids is 1.